The molecule has 2 bridgehead atoms. The van der Waals surface area contributed by atoms with Gasteiger partial charge in [-0.3, -0.25) is 9.59 Å². The Bertz CT molecular complexity index is 583. The van der Waals surface area contributed by atoms with Gasteiger partial charge in [0.2, 0.25) is 0 Å². The molecular formula is C18H23NO4. The molecule has 0 atom stereocenters. The van der Waals surface area contributed by atoms with Crippen molar-refractivity contribution in [1.29, 1.82) is 0 Å². The van der Waals surface area contributed by atoms with E-state index in [4.69, 9.17) is 9.84 Å². The van der Waals surface area contributed by atoms with Crippen LogP contribution < -0.4 is 5.32 Å². The Kier molecular flexibility index (Phi) is 4.15. The normalized spacial score (nSPS) is 29.3. The SMILES string of the molecule is COC12CCC(c3ccc(C(=O)NCC(=O)O)cc3)(CC1)CC2. The lowest BCUT2D eigenvalue weighted by molar-refractivity contribution is -0.135. The van der Waals surface area contributed by atoms with Gasteiger partial charge in [-0.1, -0.05) is 12.1 Å². The molecule has 3 saturated carbocycles. The van der Waals surface area contributed by atoms with Crippen molar-refractivity contribution in [1.82, 2.24) is 5.32 Å². The van der Waals surface area contributed by atoms with E-state index >= 15 is 0 Å². The van der Waals surface area contributed by atoms with Gasteiger partial charge in [-0.25, -0.2) is 0 Å². The van der Waals surface area contributed by atoms with Gasteiger partial charge in [0.1, 0.15) is 6.54 Å². The quantitative estimate of drug-likeness (QED) is 0.875. The Balaban J connectivity index is 1.71. The number of aliphatic carboxylic acids is 1. The zero-order chi connectivity index (χ0) is 16.5. The van der Waals surface area contributed by atoms with Crippen molar-refractivity contribution in [2.45, 2.75) is 49.5 Å². The number of amides is 1. The molecule has 1 aromatic carbocycles. The van der Waals surface area contributed by atoms with Gasteiger partial charge in [0.15, 0.2) is 0 Å². The van der Waals surface area contributed by atoms with E-state index in [0.717, 1.165) is 38.5 Å². The highest BCUT2D eigenvalue weighted by Gasteiger charge is 2.49. The molecule has 0 aliphatic heterocycles. The molecule has 5 nitrogen and oxygen atoms in total. The van der Waals surface area contributed by atoms with Gasteiger partial charge in [-0.2, -0.15) is 0 Å². The molecule has 0 unspecified atom stereocenters. The van der Waals surface area contributed by atoms with Gasteiger partial charge in [0.05, 0.1) is 5.60 Å². The third-order valence-corrected chi connectivity index (χ3v) is 5.77. The third kappa shape index (κ3) is 2.98. The molecule has 0 spiro atoms. The summed E-state index contributed by atoms with van der Waals surface area (Å²) >= 11 is 0. The summed E-state index contributed by atoms with van der Waals surface area (Å²) in [5.74, 6) is -1.39. The van der Waals surface area contributed by atoms with Gasteiger partial charge >= 0.3 is 5.97 Å². The number of methoxy groups -OCH3 is 1. The van der Waals surface area contributed by atoms with Crippen LogP contribution in [0.1, 0.15) is 54.4 Å². The topological polar surface area (TPSA) is 75.6 Å². The maximum atomic E-state index is 11.9. The van der Waals surface area contributed by atoms with Crippen molar-refractivity contribution in [2.24, 2.45) is 0 Å². The van der Waals surface area contributed by atoms with Crippen LogP contribution in [-0.2, 0) is 14.9 Å². The molecule has 4 rings (SSSR count). The van der Waals surface area contributed by atoms with E-state index in [0.29, 0.717) is 5.56 Å². The first-order valence-electron chi connectivity index (χ1n) is 8.14. The van der Waals surface area contributed by atoms with E-state index in [2.05, 4.69) is 5.32 Å². The fourth-order valence-corrected chi connectivity index (χ4v) is 4.12. The Labute approximate surface area is 136 Å². The second-order valence-corrected chi connectivity index (χ2v) is 6.82. The Morgan fingerprint density at radius 1 is 1.09 bits per heavy atom. The van der Waals surface area contributed by atoms with E-state index in [1.165, 1.54) is 5.56 Å². The van der Waals surface area contributed by atoms with Crippen LogP contribution >= 0.6 is 0 Å². The summed E-state index contributed by atoms with van der Waals surface area (Å²) in [5, 5.41) is 11.0. The maximum Gasteiger partial charge on any atom is 0.322 e. The van der Waals surface area contributed by atoms with E-state index in [1.54, 1.807) is 12.1 Å². The van der Waals surface area contributed by atoms with Gasteiger partial charge < -0.3 is 15.2 Å². The monoisotopic (exact) mass is 317 g/mol. The second kappa shape index (κ2) is 5.96. The molecule has 3 aliphatic rings. The number of carbonyl (C=O) groups excluding carboxylic acids is 1. The van der Waals surface area contributed by atoms with Crippen molar-refractivity contribution in [3.8, 4) is 0 Å². The Morgan fingerprint density at radius 2 is 1.65 bits per heavy atom. The van der Waals surface area contributed by atoms with E-state index < -0.39 is 5.97 Å². The predicted octanol–water partition coefficient (Wildman–Crippen LogP) is 2.49. The minimum atomic E-state index is -1.04. The molecule has 3 fully saturated rings. The summed E-state index contributed by atoms with van der Waals surface area (Å²) in [4.78, 5) is 22.4. The summed E-state index contributed by atoms with van der Waals surface area (Å²) in [6.45, 7) is -0.358. The summed E-state index contributed by atoms with van der Waals surface area (Å²) in [7, 11) is 1.82. The first kappa shape index (κ1) is 16.0. The number of rotatable bonds is 5. The van der Waals surface area contributed by atoms with E-state index in [9.17, 15) is 9.59 Å². The van der Waals surface area contributed by atoms with Crippen LogP contribution in [0.2, 0.25) is 0 Å². The van der Waals surface area contributed by atoms with Crippen LogP contribution in [-0.4, -0.2) is 36.2 Å². The molecule has 3 aliphatic carbocycles. The average molecular weight is 317 g/mol. The molecule has 1 amide bonds. The zero-order valence-corrected chi connectivity index (χ0v) is 13.4. The zero-order valence-electron chi connectivity index (χ0n) is 13.4. The average Bonchev–Trinajstić information content (AvgIpc) is 2.61. The number of hydrogen-bond donors (Lipinski definition) is 2. The number of carboxylic acids is 1. The summed E-state index contributed by atoms with van der Waals surface area (Å²) in [5.41, 5.74) is 2.11. The number of ether oxygens (including phenoxy) is 1. The lowest BCUT2D eigenvalue weighted by Crippen LogP contribution is -2.49. The first-order valence-corrected chi connectivity index (χ1v) is 8.14. The van der Waals surface area contributed by atoms with Crippen LogP contribution in [0.15, 0.2) is 24.3 Å². The maximum absolute atomic E-state index is 11.9. The van der Waals surface area contributed by atoms with Gasteiger partial charge in [-0.05, 0) is 61.6 Å². The molecule has 5 heteroatoms. The Hall–Kier alpha value is -1.88. The number of benzene rings is 1. The van der Waals surface area contributed by atoms with Crippen LogP contribution in [0.5, 0.6) is 0 Å². The first-order chi connectivity index (χ1) is 11.0. The number of carboxylic acid groups (broad SMARTS) is 1. The van der Waals surface area contributed by atoms with Crippen LogP contribution in [0.25, 0.3) is 0 Å². The second-order valence-electron chi connectivity index (χ2n) is 6.82. The molecule has 23 heavy (non-hydrogen) atoms. The highest BCUT2D eigenvalue weighted by atomic mass is 16.5. The van der Waals surface area contributed by atoms with Crippen LogP contribution in [0.4, 0.5) is 0 Å². The highest BCUT2D eigenvalue weighted by Crippen LogP contribution is 2.54. The summed E-state index contributed by atoms with van der Waals surface area (Å²) < 4.78 is 5.74. The van der Waals surface area contributed by atoms with Crippen LogP contribution in [0.3, 0.4) is 0 Å². The molecule has 0 aromatic heterocycles. The van der Waals surface area contributed by atoms with E-state index in [-0.39, 0.29) is 23.5 Å². The van der Waals surface area contributed by atoms with Crippen molar-refractivity contribution < 1.29 is 19.4 Å². The molecule has 2 N–H and O–H groups in total. The predicted molar refractivity (Wildman–Crippen MR) is 85.5 cm³/mol. The molecule has 1 aromatic rings. The molecule has 0 heterocycles. The fraction of sp³-hybridized carbons (Fsp3) is 0.556. The number of nitrogens with one attached hydrogen (secondary N) is 1. The summed E-state index contributed by atoms with van der Waals surface area (Å²) in [6, 6.07) is 7.66. The van der Waals surface area contributed by atoms with Crippen molar-refractivity contribution >= 4 is 11.9 Å². The molecular weight excluding hydrogens is 294 g/mol. The lowest BCUT2D eigenvalue weighted by Gasteiger charge is -2.53. The minimum Gasteiger partial charge on any atom is -0.480 e. The largest absolute Gasteiger partial charge is 0.480 e. The Morgan fingerprint density at radius 3 is 2.13 bits per heavy atom. The number of carbonyl (C=O) groups is 2. The lowest BCUT2D eigenvalue weighted by atomic mass is 9.56. The van der Waals surface area contributed by atoms with Crippen molar-refractivity contribution in [2.75, 3.05) is 13.7 Å². The fourth-order valence-electron chi connectivity index (χ4n) is 4.12. The number of fused-ring (bicyclic) bond motifs is 3. The van der Waals surface area contributed by atoms with Gasteiger partial charge in [0, 0.05) is 12.7 Å². The summed E-state index contributed by atoms with van der Waals surface area (Å²) in [6.07, 6.45) is 6.70. The molecule has 0 saturated heterocycles. The van der Waals surface area contributed by atoms with Crippen LogP contribution in [0, 0.1) is 0 Å². The molecule has 0 radical (unpaired) electrons. The van der Waals surface area contributed by atoms with Crippen molar-refractivity contribution in [3.05, 3.63) is 35.4 Å². The highest BCUT2D eigenvalue weighted by molar-refractivity contribution is 5.95. The van der Waals surface area contributed by atoms with Gasteiger partial charge in [-0.15, -0.1) is 0 Å². The third-order valence-electron chi connectivity index (χ3n) is 5.77. The molecule has 124 valence electrons. The minimum absolute atomic E-state index is 0.0956. The van der Waals surface area contributed by atoms with E-state index in [1.807, 2.05) is 19.2 Å². The number of hydrogen-bond acceptors (Lipinski definition) is 3. The van der Waals surface area contributed by atoms with Crippen molar-refractivity contribution in [3.63, 3.8) is 0 Å². The standard InChI is InChI=1S/C18H23NO4/c1-23-18-9-6-17(7-10-18,8-11-18)14-4-2-13(3-5-14)16(22)19-12-15(20)21/h2-5H,6-12H2,1H3,(H,19,22)(H,20,21). The van der Waals surface area contributed by atoms with Gasteiger partial charge in [0.25, 0.3) is 5.91 Å². The smallest absolute Gasteiger partial charge is 0.322 e.